The van der Waals surface area contributed by atoms with Gasteiger partial charge in [0.05, 0.1) is 5.69 Å². The molecule has 106 valence electrons. The summed E-state index contributed by atoms with van der Waals surface area (Å²) in [7, 11) is 1.80. The van der Waals surface area contributed by atoms with Crippen molar-refractivity contribution in [3.8, 4) is 11.5 Å². The number of rotatable bonds is 3. The molecule has 0 amide bonds. The minimum atomic E-state index is -0.294. The van der Waals surface area contributed by atoms with Crippen LogP contribution in [0.25, 0.3) is 0 Å². The van der Waals surface area contributed by atoms with Gasteiger partial charge in [-0.3, -0.25) is 5.84 Å². The van der Waals surface area contributed by atoms with Crippen molar-refractivity contribution in [2.75, 3.05) is 6.61 Å². The summed E-state index contributed by atoms with van der Waals surface area (Å²) >= 11 is 3.37. The van der Waals surface area contributed by atoms with Gasteiger partial charge in [0.1, 0.15) is 12.6 Å². The van der Waals surface area contributed by atoms with Gasteiger partial charge in [0.15, 0.2) is 22.2 Å². The lowest BCUT2D eigenvalue weighted by molar-refractivity contribution is 0.0593. The zero-order chi connectivity index (χ0) is 14.1. The summed E-state index contributed by atoms with van der Waals surface area (Å²) in [5.74, 6) is 7.12. The Hall–Kier alpha value is -1.64. The molecule has 2 atom stereocenters. The van der Waals surface area contributed by atoms with Gasteiger partial charge in [-0.15, -0.1) is 5.10 Å². The summed E-state index contributed by atoms with van der Waals surface area (Å²) in [4.78, 5) is 0. The SMILES string of the molecule is Cn1nnc(Br)c1C(NN)C1COc2ccccc2O1. The minimum Gasteiger partial charge on any atom is -0.486 e. The third-order valence-corrected chi connectivity index (χ3v) is 3.77. The normalized spacial score (nSPS) is 18.9. The molecule has 7 nitrogen and oxygen atoms in total. The molecule has 2 unspecified atom stereocenters. The predicted octanol–water partition coefficient (Wildman–Crippen LogP) is 0.922. The molecule has 0 fully saturated rings. The highest BCUT2D eigenvalue weighted by molar-refractivity contribution is 9.10. The van der Waals surface area contributed by atoms with Crippen molar-refractivity contribution in [1.82, 2.24) is 20.4 Å². The van der Waals surface area contributed by atoms with E-state index >= 15 is 0 Å². The summed E-state index contributed by atoms with van der Waals surface area (Å²) < 4.78 is 14.0. The Labute approximate surface area is 124 Å². The van der Waals surface area contributed by atoms with Crippen molar-refractivity contribution in [1.29, 1.82) is 0 Å². The number of aryl methyl sites for hydroxylation is 1. The van der Waals surface area contributed by atoms with Crippen LogP contribution < -0.4 is 20.7 Å². The maximum Gasteiger partial charge on any atom is 0.161 e. The van der Waals surface area contributed by atoms with Crippen LogP contribution in [0.15, 0.2) is 28.9 Å². The number of hydrazine groups is 1. The zero-order valence-corrected chi connectivity index (χ0v) is 12.4. The summed E-state index contributed by atoms with van der Waals surface area (Å²) in [5, 5.41) is 7.91. The van der Waals surface area contributed by atoms with Gasteiger partial charge in [-0.05, 0) is 28.1 Å². The molecule has 0 radical (unpaired) electrons. The number of para-hydroxylation sites is 2. The molecule has 8 heteroatoms. The number of nitrogens with zero attached hydrogens (tertiary/aromatic N) is 3. The van der Waals surface area contributed by atoms with Gasteiger partial charge in [0.25, 0.3) is 0 Å². The molecule has 0 saturated carbocycles. The Morgan fingerprint density at radius 3 is 2.85 bits per heavy atom. The summed E-state index contributed by atoms with van der Waals surface area (Å²) in [6, 6.07) is 7.25. The highest BCUT2D eigenvalue weighted by Gasteiger charge is 2.33. The number of ether oxygens (including phenoxy) is 2. The van der Waals surface area contributed by atoms with Crippen LogP contribution in [-0.4, -0.2) is 27.7 Å². The molecule has 0 saturated heterocycles. The second-order valence-electron chi connectivity index (χ2n) is 4.45. The van der Waals surface area contributed by atoms with E-state index < -0.39 is 0 Å². The smallest absolute Gasteiger partial charge is 0.161 e. The number of aromatic nitrogens is 3. The van der Waals surface area contributed by atoms with E-state index in [0.29, 0.717) is 17.0 Å². The van der Waals surface area contributed by atoms with E-state index in [9.17, 15) is 0 Å². The lowest BCUT2D eigenvalue weighted by Crippen LogP contribution is -2.45. The third-order valence-electron chi connectivity index (χ3n) is 3.20. The number of nitrogens with two attached hydrogens (primary N) is 1. The average Bonchev–Trinajstić information content (AvgIpc) is 2.80. The van der Waals surface area contributed by atoms with Crippen molar-refractivity contribution < 1.29 is 9.47 Å². The second kappa shape index (κ2) is 5.39. The lowest BCUT2D eigenvalue weighted by Gasteiger charge is -2.31. The maximum absolute atomic E-state index is 5.96. The first-order chi connectivity index (χ1) is 9.70. The monoisotopic (exact) mass is 339 g/mol. The molecule has 20 heavy (non-hydrogen) atoms. The quantitative estimate of drug-likeness (QED) is 0.638. The number of nitrogens with one attached hydrogen (secondary N) is 1. The molecule has 0 bridgehead atoms. The molecule has 3 N–H and O–H groups in total. The fourth-order valence-corrected chi connectivity index (χ4v) is 2.81. The number of hydrogen-bond acceptors (Lipinski definition) is 6. The van der Waals surface area contributed by atoms with Gasteiger partial charge >= 0.3 is 0 Å². The van der Waals surface area contributed by atoms with Crippen LogP contribution in [0.3, 0.4) is 0 Å². The van der Waals surface area contributed by atoms with Crippen molar-refractivity contribution in [2.24, 2.45) is 12.9 Å². The largest absolute Gasteiger partial charge is 0.486 e. The van der Waals surface area contributed by atoms with Crippen molar-refractivity contribution in [2.45, 2.75) is 12.1 Å². The molecule has 1 aromatic carbocycles. The van der Waals surface area contributed by atoms with Crippen LogP contribution in [0.5, 0.6) is 11.5 Å². The van der Waals surface area contributed by atoms with Crippen molar-refractivity contribution >= 4 is 15.9 Å². The van der Waals surface area contributed by atoms with Crippen LogP contribution in [0.4, 0.5) is 0 Å². The van der Waals surface area contributed by atoms with E-state index in [4.69, 9.17) is 15.3 Å². The van der Waals surface area contributed by atoms with E-state index in [1.807, 2.05) is 24.3 Å². The fourth-order valence-electron chi connectivity index (χ4n) is 2.23. The highest BCUT2D eigenvalue weighted by atomic mass is 79.9. The first-order valence-electron chi connectivity index (χ1n) is 6.10. The molecule has 2 aromatic rings. The Morgan fingerprint density at radius 1 is 1.45 bits per heavy atom. The Kier molecular flexibility index (Phi) is 3.60. The topological polar surface area (TPSA) is 87.2 Å². The average molecular weight is 340 g/mol. The standard InChI is InChI=1S/C12H14BrN5O2/c1-18-11(12(13)16-17-18)10(15-14)9-6-19-7-4-2-3-5-8(7)20-9/h2-5,9-10,15H,6,14H2,1H3. The van der Waals surface area contributed by atoms with Crippen LogP contribution in [0.2, 0.25) is 0 Å². The Morgan fingerprint density at radius 2 is 2.20 bits per heavy atom. The van der Waals surface area contributed by atoms with Crippen molar-refractivity contribution in [3.05, 3.63) is 34.6 Å². The predicted molar refractivity (Wildman–Crippen MR) is 75.1 cm³/mol. The Bertz CT molecular complexity index is 598. The molecule has 1 aliphatic heterocycles. The van der Waals surface area contributed by atoms with Gasteiger partial charge in [0.2, 0.25) is 0 Å². The second-order valence-corrected chi connectivity index (χ2v) is 5.20. The number of hydrogen-bond donors (Lipinski definition) is 2. The Balaban J connectivity index is 1.89. The van der Waals surface area contributed by atoms with Crippen LogP contribution >= 0.6 is 15.9 Å². The molecular formula is C12H14BrN5O2. The van der Waals surface area contributed by atoms with E-state index in [0.717, 1.165) is 11.4 Å². The first-order valence-corrected chi connectivity index (χ1v) is 6.89. The molecule has 0 spiro atoms. The van der Waals surface area contributed by atoms with Gasteiger partial charge in [-0.2, -0.15) is 0 Å². The molecule has 1 aliphatic rings. The molecule has 1 aromatic heterocycles. The van der Waals surface area contributed by atoms with Crippen LogP contribution in [0, 0.1) is 0 Å². The van der Waals surface area contributed by atoms with Gasteiger partial charge < -0.3 is 9.47 Å². The first kappa shape index (κ1) is 13.3. The zero-order valence-electron chi connectivity index (χ0n) is 10.8. The molecule has 3 rings (SSSR count). The highest BCUT2D eigenvalue weighted by Crippen LogP contribution is 2.35. The summed E-state index contributed by atoms with van der Waals surface area (Å²) in [6.07, 6.45) is -0.275. The molecule has 2 heterocycles. The van der Waals surface area contributed by atoms with Gasteiger partial charge in [-0.1, -0.05) is 17.3 Å². The van der Waals surface area contributed by atoms with Crippen LogP contribution in [-0.2, 0) is 7.05 Å². The summed E-state index contributed by atoms with van der Waals surface area (Å²) in [5.41, 5.74) is 3.56. The lowest BCUT2D eigenvalue weighted by atomic mass is 10.1. The maximum atomic E-state index is 5.96. The molecule has 0 aliphatic carbocycles. The molecular weight excluding hydrogens is 326 g/mol. The number of halogens is 1. The van der Waals surface area contributed by atoms with E-state index in [1.165, 1.54) is 0 Å². The van der Waals surface area contributed by atoms with E-state index in [2.05, 4.69) is 31.7 Å². The van der Waals surface area contributed by atoms with Gasteiger partial charge in [0, 0.05) is 7.05 Å². The number of fused-ring (bicyclic) bond motifs is 1. The van der Waals surface area contributed by atoms with Gasteiger partial charge in [-0.25, -0.2) is 10.1 Å². The van der Waals surface area contributed by atoms with Crippen LogP contribution in [0.1, 0.15) is 11.7 Å². The van der Waals surface area contributed by atoms with Crippen molar-refractivity contribution in [3.63, 3.8) is 0 Å². The van der Waals surface area contributed by atoms with E-state index in [1.54, 1.807) is 11.7 Å². The summed E-state index contributed by atoms with van der Waals surface area (Å²) in [6.45, 7) is 0.392. The number of benzene rings is 1. The fraction of sp³-hybridized carbons (Fsp3) is 0.333. The minimum absolute atomic E-state index is 0.275. The van der Waals surface area contributed by atoms with E-state index in [-0.39, 0.29) is 12.1 Å². The third kappa shape index (κ3) is 2.26.